The van der Waals surface area contributed by atoms with Crippen LogP contribution in [0, 0.1) is 5.92 Å². The molecule has 0 radical (unpaired) electrons. The second kappa shape index (κ2) is 8.89. The van der Waals surface area contributed by atoms with E-state index in [0.29, 0.717) is 10.8 Å². The zero-order valence-electron chi connectivity index (χ0n) is 14.8. The first-order valence-electron chi connectivity index (χ1n) is 8.14. The number of thiazole rings is 1. The maximum absolute atomic E-state index is 12.5. The Balaban J connectivity index is 1.58. The molecule has 0 aliphatic carbocycles. The molecule has 0 fully saturated rings. The highest BCUT2D eigenvalue weighted by Crippen LogP contribution is 2.22. The van der Waals surface area contributed by atoms with Crippen molar-refractivity contribution < 1.29 is 18.8 Å². The average molecular weight is 420 g/mol. The summed E-state index contributed by atoms with van der Waals surface area (Å²) in [7, 11) is 0. The Morgan fingerprint density at radius 3 is 3.00 bits per heavy atom. The van der Waals surface area contributed by atoms with Crippen molar-refractivity contribution >= 4 is 51.8 Å². The number of rotatable bonds is 8. The van der Waals surface area contributed by atoms with Crippen LogP contribution in [0.2, 0.25) is 0 Å². The third-order valence-electron chi connectivity index (χ3n) is 3.72. The molecular weight excluding hydrogens is 404 g/mol. The molecule has 2 aromatic rings. The molecule has 0 bridgehead atoms. The molecule has 146 valence electrons. The number of hydrogen-bond donors (Lipinski definition) is 1. The van der Waals surface area contributed by atoms with E-state index in [-0.39, 0.29) is 41.6 Å². The first-order valence-corrected chi connectivity index (χ1v) is 10.0. The van der Waals surface area contributed by atoms with Crippen molar-refractivity contribution in [2.75, 3.05) is 17.6 Å². The van der Waals surface area contributed by atoms with Gasteiger partial charge in [0.15, 0.2) is 5.13 Å². The third kappa shape index (κ3) is 4.70. The Kier molecular flexibility index (Phi) is 6.31. The maximum Gasteiger partial charge on any atom is 0.350 e. The fraction of sp³-hybridized carbons (Fsp3) is 0.312. The normalized spacial score (nSPS) is 16.8. The van der Waals surface area contributed by atoms with Gasteiger partial charge in [-0.3, -0.25) is 14.5 Å². The lowest BCUT2D eigenvalue weighted by Gasteiger charge is -2.27. The van der Waals surface area contributed by atoms with Crippen molar-refractivity contribution in [3.8, 4) is 0 Å². The summed E-state index contributed by atoms with van der Waals surface area (Å²) in [6.07, 6.45) is 3.18. The summed E-state index contributed by atoms with van der Waals surface area (Å²) >= 11 is 2.40. The van der Waals surface area contributed by atoms with E-state index in [1.807, 2.05) is 0 Å². The van der Waals surface area contributed by atoms with Gasteiger partial charge in [-0.05, 0) is 6.92 Å². The molecule has 2 aromatic heterocycles. The van der Waals surface area contributed by atoms with E-state index in [1.54, 1.807) is 18.5 Å². The van der Waals surface area contributed by atoms with Crippen LogP contribution in [0.25, 0.3) is 0 Å². The van der Waals surface area contributed by atoms with E-state index in [1.165, 1.54) is 17.4 Å². The summed E-state index contributed by atoms with van der Waals surface area (Å²) in [6.45, 7) is 5.24. The van der Waals surface area contributed by atoms with Gasteiger partial charge in [0, 0.05) is 30.3 Å². The largest absolute Gasteiger partial charge is 0.416 e. The SMILES string of the molecule is C=CCN1C(=O)N=C(C)C(Cc2nnc(SCC(=O)Nc3nccs3)o2)C1=O. The van der Waals surface area contributed by atoms with Crippen molar-refractivity contribution in [2.24, 2.45) is 10.9 Å². The fourth-order valence-corrected chi connectivity index (χ4v) is 3.53. The van der Waals surface area contributed by atoms with Crippen LogP contribution in [-0.4, -0.2) is 55.9 Å². The lowest BCUT2D eigenvalue weighted by Crippen LogP contribution is -2.46. The zero-order chi connectivity index (χ0) is 20.1. The number of amides is 4. The van der Waals surface area contributed by atoms with E-state index < -0.39 is 11.9 Å². The summed E-state index contributed by atoms with van der Waals surface area (Å²) in [4.78, 5) is 45.1. The number of nitrogens with zero attached hydrogens (tertiary/aromatic N) is 5. The van der Waals surface area contributed by atoms with Crippen LogP contribution in [-0.2, 0) is 16.0 Å². The molecule has 0 spiro atoms. The summed E-state index contributed by atoms with van der Waals surface area (Å²) in [5.74, 6) is -0.991. The van der Waals surface area contributed by atoms with Crippen molar-refractivity contribution in [3.63, 3.8) is 0 Å². The Bertz CT molecular complexity index is 923. The topological polar surface area (TPSA) is 131 Å². The number of aliphatic imine (C=N–C) groups is 1. The average Bonchev–Trinajstić information content (AvgIpc) is 3.32. The number of imide groups is 1. The van der Waals surface area contributed by atoms with Gasteiger partial charge in [-0.2, -0.15) is 0 Å². The van der Waals surface area contributed by atoms with E-state index in [0.717, 1.165) is 16.7 Å². The van der Waals surface area contributed by atoms with Crippen LogP contribution >= 0.6 is 23.1 Å². The number of urea groups is 1. The van der Waals surface area contributed by atoms with Gasteiger partial charge in [0.1, 0.15) is 0 Å². The molecule has 1 aliphatic heterocycles. The number of aromatic nitrogens is 3. The number of thioether (sulfide) groups is 1. The Hall–Kier alpha value is -2.86. The Labute approximate surface area is 168 Å². The molecule has 12 heteroatoms. The Morgan fingerprint density at radius 2 is 2.29 bits per heavy atom. The van der Waals surface area contributed by atoms with Gasteiger partial charge in [-0.25, -0.2) is 14.8 Å². The number of carbonyl (C=O) groups is 3. The second-order valence-corrected chi connectivity index (χ2v) is 7.49. The quantitative estimate of drug-likeness (QED) is 0.507. The van der Waals surface area contributed by atoms with E-state index in [9.17, 15) is 14.4 Å². The highest BCUT2D eigenvalue weighted by atomic mass is 32.2. The molecule has 10 nitrogen and oxygen atoms in total. The van der Waals surface area contributed by atoms with Crippen LogP contribution in [0.5, 0.6) is 0 Å². The molecule has 28 heavy (non-hydrogen) atoms. The summed E-state index contributed by atoms with van der Waals surface area (Å²) < 4.78 is 5.51. The molecule has 1 unspecified atom stereocenters. The van der Waals surface area contributed by atoms with Crippen LogP contribution in [0.4, 0.5) is 9.93 Å². The first-order chi connectivity index (χ1) is 13.5. The van der Waals surface area contributed by atoms with Crippen molar-refractivity contribution in [1.82, 2.24) is 20.1 Å². The number of nitrogens with one attached hydrogen (secondary N) is 1. The monoisotopic (exact) mass is 420 g/mol. The Morgan fingerprint density at radius 1 is 1.46 bits per heavy atom. The number of anilines is 1. The van der Waals surface area contributed by atoms with Gasteiger partial charge in [0.2, 0.25) is 17.7 Å². The minimum Gasteiger partial charge on any atom is -0.416 e. The van der Waals surface area contributed by atoms with Crippen LogP contribution in [0.3, 0.4) is 0 Å². The van der Waals surface area contributed by atoms with E-state index >= 15 is 0 Å². The summed E-state index contributed by atoms with van der Waals surface area (Å²) in [5.41, 5.74) is 0.394. The fourth-order valence-electron chi connectivity index (χ4n) is 2.40. The van der Waals surface area contributed by atoms with Gasteiger partial charge in [-0.1, -0.05) is 17.8 Å². The van der Waals surface area contributed by atoms with Crippen LogP contribution in [0.1, 0.15) is 12.8 Å². The van der Waals surface area contributed by atoms with Gasteiger partial charge < -0.3 is 9.73 Å². The molecule has 0 aromatic carbocycles. The van der Waals surface area contributed by atoms with Crippen molar-refractivity contribution in [2.45, 2.75) is 18.6 Å². The molecular formula is C16H16N6O4S2. The maximum atomic E-state index is 12.5. The molecule has 0 saturated carbocycles. The second-order valence-electron chi connectivity index (χ2n) is 5.67. The van der Waals surface area contributed by atoms with Crippen molar-refractivity contribution in [1.29, 1.82) is 0 Å². The lowest BCUT2D eigenvalue weighted by molar-refractivity contribution is -0.130. The first kappa shape index (κ1) is 19.9. The van der Waals surface area contributed by atoms with Crippen LogP contribution < -0.4 is 5.32 Å². The minimum atomic E-state index is -0.663. The molecule has 4 amide bonds. The molecule has 1 N–H and O–H groups in total. The molecule has 3 heterocycles. The van der Waals surface area contributed by atoms with E-state index in [4.69, 9.17) is 4.42 Å². The highest BCUT2D eigenvalue weighted by molar-refractivity contribution is 7.99. The lowest BCUT2D eigenvalue weighted by atomic mass is 9.97. The predicted molar refractivity (Wildman–Crippen MR) is 103 cm³/mol. The standard InChI is InChI=1S/C16H16N6O4S2/c1-3-5-22-13(24)10(9(2)18-15(22)25)7-12-20-21-16(26-12)28-8-11(23)19-14-17-4-6-27-14/h3-4,6,10H,1,5,7-8H2,2H3,(H,17,19,23). The van der Waals surface area contributed by atoms with Gasteiger partial charge >= 0.3 is 6.03 Å². The van der Waals surface area contributed by atoms with Gasteiger partial charge in [-0.15, -0.1) is 28.1 Å². The van der Waals surface area contributed by atoms with Gasteiger partial charge in [0.05, 0.1) is 11.7 Å². The summed E-state index contributed by atoms with van der Waals surface area (Å²) in [6, 6.07) is -0.605. The van der Waals surface area contributed by atoms with Gasteiger partial charge in [0.25, 0.3) is 5.22 Å². The predicted octanol–water partition coefficient (Wildman–Crippen LogP) is 2.02. The van der Waals surface area contributed by atoms with Crippen molar-refractivity contribution in [3.05, 3.63) is 30.1 Å². The van der Waals surface area contributed by atoms with E-state index in [2.05, 4.69) is 32.1 Å². The number of hydrogen-bond acceptors (Lipinski definition) is 9. The van der Waals surface area contributed by atoms with Crippen LogP contribution in [0.15, 0.2) is 38.9 Å². The molecule has 3 rings (SSSR count). The molecule has 1 atom stereocenters. The smallest absolute Gasteiger partial charge is 0.350 e. The minimum absolute atomic E-state index is 0.0751. The zero-order valence-corrected chi connectivity index (χ0v) is 16.5. The summed E-state index contributed by atoms with van der Waals surface area (Å²) in [5, 5.41) is 12.9. The molecule has 1 aliphatic rings. The number of carbonyl (C=O) groups excluding carboxylic acids is 3. The highest BCUT2D eigenvalue weighted by Gasteiger charge is 2.36. The third-order valence-corrected chi connectivity index (χ3v) is 5.22. The molecule has 0 saturated heterocycles.